The zero-order valence-electron chi connectivity index (χ0n) is 12.1. The molecule has 114 valence electrons. The Kier molecular flexibility index (Phi) is 3.81. The SMILES string of the molecule is CC(C)(c1ccccc1)c1cc([N+](=O)[O-])c(N)c([N+](=O)[O-])c1. The van der Waals surface area contributed by atoms with Gasteiger partial charge in [0.05, 0.1) is 9.85 Å². The van der Waals surface area contributed by atoms with Gasteiger partial charge in [0.25, 0.3) is 11.4 Å². The van der Waals surface area contributed by atoms with E-state index < -0.39 is 32.3 Å². The normalized spacial score (nSPS) is 11.2. The molecule has 2 aromatic carbocycles. The highest BCUT2D eigenvalue weighted by Gasteiger charge is 2.31. The van der Waals surface area contributed by atoms with Crippen LogP contribution in [-0.4, -0.2) is 9.85 Å². The molecule has 0 aliphatic rings. The van der Waals surface area contributed by atoms with E-state index in [0.717, 1.165) is 5.56 Å². The summed E-state index contributed by atoms with van der Waals surface area (Å²) in [7, 11) is 0. The van der Waals surface area contributed by atoms with Crippen molar-refractivity contribution < 1.29 is 9.85 Å². The maximum absolute atomic E-state index is 11.1. The predicted molar refractivity (Wildman–Crippen MR) is 82.7 cm³/mol. The van der Waals surface area contributed by atoms with Gasteiger partial charge in [-0.1, -0.05) is 44.2 Å². The second-order valence-corrected chi connectivity index (χ2v) is 5.43. The average molecular weight is 301 g/mol. The first-order valence-electron chi connectivity index (χ1n) is 6.53. The zero-order valence-corrected chi connectivity index (χ0v) is 12.1. The Hall–Kier alpha value is -2.96. The molecule has 2 aromatic rings. The van der Waals surface area contributed by atoms with Crippen LogP contribution < -0.4 is 5.73 Å². The molecule has 0 bridgehead atoms. The molecule has 0 amide bonds. The summed E-state index contributed by atoms with van der Waals surface area (Å²) in [6.45, 7) is 3.70. The summed E-state index contributed by atoms with van der Waals surface area (Å²) >= 11 is 0. The number of anilines is 1. The van der Waals surface area contributed by atoms with Gasteiger partial charge in [-0.3, -0.25) is 20.2 Å². The van der Waals surface area contributed by atoms with Gasteiger partial charge in [0.2, 0.25) is 0 Å². The highest BCUT2D eigenvalue weighted by atomic mass is 16.6. The molecule has 0 spiro atoms. The summed E-state index contributed by atoms with van der Waals surface area (Å²) in [6.07, 6.45) is 0. The quantitative estimate of drug-likeness (QED) is 0.528. The number of nitrogen functional groups attached to an aromatic ring is 1. The van der Waals surface area contributed by atoms with Crippen LogP contribution in [0, 0.1) is 20.2 Å². The second-order valence-electron chi connectivity index (χ2n) is 5.43. The van der Waals surface area contributed by atoms with Crippen LogP contribution in [0.4, 0.5) is 17.1 Å². The fourth-order valence-electron chi connectivity index (χ4n) is 2.31. The Morgan fingerprint density at radius 2 is 1.36 bits per heavy atom. The van der Waals surface area contributed by atoms with Crippen LogP contribution in [0.3, 0.4) is 0 Å². The maximum Gasteiger partial charge on any atom is 0.299 e. The molecule has 0 aromatic heterocycles. The van der Waals surface area contributed by atoms with Crippen molar-refractivity contribution in [3.05, 3.63) is 73.8 Å². The van der Waals surface area contributed by atoms with Crippen molar-refractivity contribution in [2.45, 2.75) is 19.3 Å². The smallest absolute Gasteiger partial charge is 0.299 e. The molecule has 0 atom stereocenters. The minimum Gasteiger partial charge on any atom is -0.388 e. The number of nitrogens with zero attached hydrogens (tertiary/aromatic N) is 2. The van der Waals surface area contributed by atoms with Crippen molar-refractivity contribution in [2.24, 2.45) is 0 Å². The van der Waals surface area contributed by atoms with Crippen LogP contribution in [-0.2, 0) is 5.41 Å². The third kappa shape index (κ3) is 2.60. The average Bonchev–Trinajstić information content (AvgIpc) is 2.47. The van der Waals surface area contributed by atoms with Gasteiger partial charge in [0.15, 0.2) is 5.69 Å². The molecule has 0 heterocycles. The lowest BCUT2D eigenvalue weighted by Gasteiger charge is -2.25. The molecule has 0 radical (unpaired) electrons. The van der Waals surface area contributed by atoms with Crippen molar-refractivity contribution in [2.75, 3.05) is 5.73 Å². The third-order valence-corrected chi connectivity index (χ3v) is 3.75. The predicted octanol–water partition coefficient (Wildman–Crippen LogP) is 3.41. The van der Waals surface area contributed by atoms with Crippen LogP contribution >= 0.6 is 0 Å². The second kappa shape index (κ2) is 5.44. The van der Waals surface area contributed by atoms with Gasteiger partial charge in [-0.25, -0.2) is 0 Å². The summed E-state index contributed by atoms with van der Waals surface area (Å²) in [6, 6.07) is 11.9. The molecule has 0 saturated heterocycles. The van der Waals surface area contributed by atoms with E-state index in [1.807, 2.05) is 44.2 Å². The van der Waals surface area contributed by atoms with E-state index >= 15 is 0 Å². The van der Waals surface area contributed by atoms with Crippen LogP contribution in [0.2, 0.25) is 0 Å². The van der Waals surface area contributed by atoms with Crippen LogP contribution in [0.25, 0.3) is 0 Å². The monoisotopic (exact) mass is 301 g/mol. The summed E-state index contributed by atoms with van der Waals surface area (Å²) in [5.41, 5.74) is 4.94. The molecular formula is C15H15N3O4. The fourth-order valence-corrected chi connectivity index (χ4v) is 2.31. The van der Waals surface area contributed by atoms with Crippen molar-refractivity contribution in [1.29, 1.82) is 0 Å². The molecule has 0 unspecified atom stereocenters. The Labute approximate surface area is 126 Å². The molecular weight excluding hydrogens is 286 g/mol. The molecule has 0 saturated carbocycles. The standard InChI is InChI=1S/C15H15N3O4/c1-15(2,10-6-4-3-5-7-10)11-8-12(17(19)20)14(16)13(9-11)18(21)22/h3-9H,16H2,1-2H3. The molecule has 7 heteroatoms. The third-order valence-electron chi connectivity index (χ3n) is 3.75. The Morgan fingerprint density at radius 1 is 0.909 bits per heavy atom. The number of nitrogens with two attached hydrogens (primary N) is 1. The molecule has 7 nitrogen and oxygen atoms in total. The van der Waals surface area contributed by atoms with E-state index in [0.29, 0.717) is 5.56 Å². The first-order valence-corrected chi connectivity index (χ1v) is 6.53. The Bertz CT molecular complexity index is 707. The van der Waals surface area contributed by atoms with Crippen molar-refractivity contribution >= 4 is 17.1 Å². The Balaban J connectivity index is 2.70. The highest BCUT2D eigenvalue weighted by molar-refractivity contribution is 5.73. The number of hydrogen-bond acceptors (Lipinski definition) is 5. The number of nitro benzene ring substituents is 2. The summed E-state index contributed by atoms with van der Waals surface area (Å²) in [5, 5.41) is 22.2. The van der Waals surface area contributed by atoms with E-state index in [1.165, 1.54) is 12.1 Å². The fraction of sp³-hybridized carbons (Fsp3) is 0.200. The van der Waals surface area contributed by atoms with E-state index in [9.17, 15) is 20.2 Å². The zero-order chi connectivity index (χ0) is 16.5. The van der Waals surface area contributed by atoms with Gasteiger partial charge >= 0.3 is 0 Å². The summed E-state index contributed by atoms with van der Waals surface area (Å²) in [5.74, 6) is 0. The number of benzene rings is 2. The number of rotatable bonds is 4. The maximum atomic E-state index is 11.1. The lowest BCUT2D eigenvalue weighted by Crippen LogP contribution is -2.19. The van der Waals surface area contributed by atoms with Crippen molar-refractivity contribution in [3.63, 3.8) is 0 Å². The summed E-state index contributed by atoms with van der Waals surface area (Å²) in [4.78, 5) is 20.8. The van der Waals surface area contributed by atoms with Crippen molar-refractivity contribution in [1.82, 2.24) is 0 Å². The van der Waals surface area contributed by atoms with Crippen molar-refractivity contribution in [3.8, 4) is 0 Å². The minimum absolute atomic E-state index is 0.428. The molecule has 2 N–H and O–H groups in total. The Morgan fingerprint density at radius 3 is 1.77 bits per heavy atom. The molecule has 2 rings (SSSR count). The van der Waals surface area contributed by atoms with Gasteiger partial charge in [-0.2, -0.15) is 0 Å². The van der Waals surface area contributed by atoms with E-state index in [4.69, 9.17) is 5.73 Å². The molecule has 0 fully saturated rings. The van der Waals surface area contributed by atoms with Crippen LogP contribution in [0.15, 0.2) is 42.5 Å². The molecule has 0 aliphatic heterocycles. The van der Waals surface area contributed by atoms with Gasteiger partial charge in [0, 0.05) is 17.5 Å². The topological polar surface area (TPSA) is 112 Å². The lowest BCUT2D eigenvalue weighted by atomic mass is 9.77. The molecule has 0 aliphatic carbocycles. The van der Waals surface area contributed by atoms with Crippen LogP contribution in [0.5, 0.6) is 0 Å². The van der Waals surface area contributed by atoms with E-state index in [-0.39, 0.29) is 0 Å². The number of nitro groups is 2. The minimum atomic E-state index is -0.701. The van der Waals surface area contributed by atoms with Gasteiger partial charge in [0.1, 0.15) is 0 Å². The highest BCUT2D eigenvalue weighted by Crippen LogP contribution is 2.39. The van der Waals surface area contributed by atoms with Gasteiger partial charge in [-0.15, -0.1) is 0 Å². The largest absolute Gasteiger partial charge is 0.388 e. The van der Waals surface area contributed by atoms with Gasteiger partial charge in [-0.05, 0) is 11.1 Å². The molecule has 22 heavy (non-hydrogen) atoms. The number of hydrogen-bond donors (Lipinski definition) is 1. The first-order chi connectivity index (χ1) is 10.2. The lowest BCUT2D eigenvalue weighted by molar-refractivity contribution is -0.392. The first kappa shape index (κ1) is 15.4. The van der Waals surface area contributed by atoms with E-state index in [1.54, 1.807) is 0 Å². The van der Waals surface area contributed by atoms with Gasteiger partial charge < -0.3 is 5.73 Å². The summed E-state index contributed by atoms with van der Waals surface area (Å²) < 4.78 is 0. The van der Waals surface area contributed by atoms with E-state index in [2.05, 4.69) is 0 Å². The van der Waals surface area contributed by atoms with Crippen LogP contribution in [0.1, 0.15) is 25.0 Å².